The molecule has 4 N–H and O–H groups in total. The fourth-order valence-electron chi connectivity index (χ4n) is 8.72. The molecule has 0 saturated carbocycles. The predicted octanol–water partition coefficient (Wildman–Crippen LogP) is -0.214. The number of hydrogen-bond donors (Lipinski definition) is 4. The Morgan fingerprint density at radius 1 is 0.589 bits per heavy atom. The molecule has 2 unspecified atom stereocenters. The van der Waals surface area contributed by atoms with Gasteiger partial charge in [-0.3, -0.25) is 76.9 Å². The van der Waals surface area contributed by atoms with Crippen molar-refractivity contribution < 1.29 is 110 Å². The largest absolute Gasteiger partial charge is 0.379 e. The van der Waals surface area contributed by atoms with Gasteiger partial charge < -0.3 is 63.9 Å². The lowest BCUT2D eigenvalue weighted by Gasteiger charge is -2.28. The first kappa shape index (κ1) is 76.5. The van der Waals surface area contributed by atoms with E-state index in [1.165, 1.54) is 33.4 Å². The van der Waals surface area contributed by atoms with Gasteiger partial charge >= 0.3 is 0 Å². The monoisotopic (exact) mass is 1330 g/mol. The van der Waals surface area contributed by atoms with Crippen LogP contribution >= 0.6 is 33.3 Å². The second-order valence-corrected chi connectivity index (χ2v) is 24.4. The SMILES string of the molecule is CC(=O)C1(C(=O)CCOCCOCCOCCOCCNC(=O)CCN2C(=O)CC(SCC(NC(=O)COCC(=O)Nc3ccc(CCC(=O)N4CCC4=O)cc3)C(=O)NCCOCCOCCOCCOCCC(=O)C(C(C)=O)(C(C)=O)C(C)=O)C2=O)SS1. The molecule has 0 spiro atoms. The fraction of sp³-hybridized carbons (Fsp3) is 0.655. The summed E-state index contributed by atoms with van der Waals surface area (Å²) in [5, 5.41) is 9.62. The number of rotatable bonds is 52. The Kier molecular flexibility index (Phi) is 35.3. The summed E-state index contributed by atoms with van der Waals surface area (Å²) < 4.78 is 48.0. The Labute approximate surface area is 533 Å². The zero-order chi connectivity index (χ0) is 65.9. The minimum atomic E-state index is -2.32. The fourth-order valence-corrected chi connectivity index (χ4v) is 12.1. The number of Topliss-reactive ketones (excluding diaryl/α,β-unsaturated/α-hetero) is 6. The molecule has 0 radical (unpaired) electrons. The highest BCUT2D eigenvalue weighted by Crippen LogP contribution is 2.66. The first-order valence-electron chi connectivity index (χ1n) is 29.3. The van der Waals surface area contributed by atoms with Crippen LogP contribution in [0, 0.1) is 5.41 Å². The predicted molar refractivity (Wildman–Crippen MR) is 325 cm³/mol. The standard InChI is InChI=1S/C58H82N6O23S3/c1-39(65)57(40(2)66,41(3)67)47(69)13-19-79-23-27-83-31-34-86-30-26-82-22-16-60-55(77)45(62-51(73)37-87-36-50(72)61-44-8-5-43(6-9-44)7-10-52(74)63-18-12-53(63)75)38-88-46-35-54(76)64(56(46)78)17-11-49(71)59-15-21-81-25-29-85-33-32-84-28-24-80-20-14-48(70)58(42(4)68)89-90-58/h5-6,8-9,45-46H,7,10-38H2,1-4H3,(H,59,71)(H,60,77)(H,61,72)(H,62,73). The summed E-state index contributed by atoms with van der Waals surface area (Å²) in [4.78, 5) is 177. The molecule has 3 heterocycles. The maximum atomic E-state index is 13.5. The molecule has 2 atom stereocenters. The van der Waals surface area contributed by atoms with Gasteiger partial charge in [-0.15, -0.1) is 11.8 Å². The number of ether oxygens (including phenoxy) is 9. The minimum Gasteiger partial charge on any atom is -0.379 e. The lowest BCUT2D eigenvalue weighted by molar-refractivity contribution is -0.155. The number of amides is 8. The minimum absolute atomic E-state index is 0.00328. The number of β-lactam (4-membered cyclic amide) rings is 1. The molecule has 32 heteroatoms. The first-order valence-corrected chi connectivity index (χ1v) is 32.5. The number of imide groups is 2. The summed E-state index contributed by atoms with van der Waals surface area (Å²) >= 11 is 0.965. The first-order chi connectivity index (χ1) is 43.1. The van der Waals surface area contributed by atoms with E-state index in [0.29, 0.717) is 51.5 Å². The van der Waals surface area contributed by atoms with Crippen LogP contribution in [0.2, 0.25) is 0 Å². The quantitative estimate of drug-likeness (QED) is 0.0164. The van der Waals surface area contributed by atoms with Gasteiger partial charge in [0.2, 0.25) is 52.7 Å². The molecule has 0 bridgehead atoms. The highest BCUT2D eigenvalue weighted by atomic mass is 33.2. The van der Waals surface area contributed by atoms with Crippen LogP contribution in [-0.2, 0) is 116 Å². The summed E-state index contributed by atoms with van der Waals surface area (Å²) in [6.45, 7) is 6.73. The van der Waals surface area contributed by atoms with Crippen LogP contribution < -0.4 is 21.3 Å². The van der Waals surface area contributed by atoms with Crippen LogP contribution in [0.5, 0.6) is 0 Å². The summed E-state index contributed by atoms with van der Waals surface area (Å²) in [7, 11) is 2.54. The van der Waals surface area contributed by atoms with Crippen LogP contribution in [0.25, 0.3) is 0 Å². The van der Waals surface area contributed by atoms with E-state index in [9.17, 15) is 67.1 Å². The van der Waals surface area contributed by atoms with Crippen molar-refractivity contribution in [3.8, 4) is 0 Å². The van der Waals surface area contributed by atoms with Gasteiger partial charge in [-0.1, -0.05) is 33.7 Å². The Balaban J connectivity index is 1.10. The number of nitrogens with zero attached hydrogens (tertiary/aromatic N) is 2. The van der Waals surface area contributed by atoms with Gasteiger partial charge in [0.15, 0.2) is 38.8 Å². The Morgan fingerprint density at radius 3 is 1.58 bits per heavy atom. The molecule has 90 heavy (non-hydrogen) atoms. The average molecular weight is 1330 g/mol. The Morgan fingerprint density at radius 2 is 1.09 bits per heavy atom. The number of nitrogens with one attached hydrogen (secondary N) is 4. The molecule has 0 aromatic heterocycles. The summed E-state index contributed by atoms with van der Waals surface area (Å²) in [6, 6.07) is 5.47. The van der Waals surface area contributed by atoms with Gasteiger partial charge in [-0.05, 0) is 51.8 Å². The van der Waals surface area contributed by atoms with Crippen LogP contribution in [0.1, 0.15) is 71.8 Å². The van der Waals surface area contributed by atoms with Gasteiger partial charge in [-0.25, -0.2) is 0 Å². The molecular weight excluding hydrogens is 1240 g/mol. The smallest absolute Gasteiger partial charge is 0.250 e. The number of carbonyl (C=O) groups is 14. The van der Waals surface area contributed by atoms with Crippen molar-refractivity contribution in [3.63, 3.8) is 0 Å². The number of carbonyl (C=O) groups excluding carboxylic acids is 14. The van der Waals surface area contributed by atoms with Crippen LogP contribution in [0.4, 0.5) is 5.69 Å². The maximum absolute atomic E-state index is 13.5. The van der Waals surface area contributed by atoms with Crippen molar-refractivity contribution in [2.45, 2.75) is 88.0 Å². The van der Waals surface area contributed by atoms with Crippen molar-refractivity contribution in [1.82, 2.24) is 25.8 Å². The number of benzene rings is 1. The van der Waals surface area contributed by atoms with Crippen molar-refractivity contribution in [2.75, 3.05) is 156 Å². The van der Waals surface area contributed by atoms with Gasteiger partial charge in [0.25, 0.3) is 0 Å². The molecule has 8 amide bonds. The van der Waals surface area contributed by atoms with E-state index in [2.05, 4.69) is 21.3 Å². The van der Waals surface area contributed by atoms with Crippen molar-refractivity contribution >= 4 is 121 Å². The molecule has 4 rings (SSSR count). The highest BCUT2D eigenvalue weighted by molar-refractivity contribution is 8.94. The third-order valence-corrected chi connectivity index (χ3v) is 18.1. The summed E-state index contributed by atoms with van der Waals surface area (Å²) in [6.07, 6.45) is 0.387. The zero-order valence-electron chi connectivity index (χ0n) is 51.2. The van der Waals surface area contributed by atoms with E-state index in [4.69, 9.17) is 42.6 Å². The molecule has 1 aromatic carbocycles. The lowest BCUT2D eigenvalue weighted by atomic mass is 9.72. The van der Waals surface area contributed by atoms with Crippen molar-refractivity contribution in [1.29, 1.82) is 0 Å². The highest BCUT2D eigenvalue weighted by Gasteiger charge is 2.57. The second-order valence-electron chi connectivity index (χ2n) is 20.4. The molecule has 0 aliphatic carbocycles. The van der Waals surface area contributed by atoms with Crippen LogP contribution in [0.15, 0.2) is 24.3 Å². The number of ketones is 6. The van der Waals surface area contributed by atoms with Crippen molar-refractivity contribution in [2.24, 2.45) is 5.41 Å². The number of thioether (sulfide) groups is 1. The average Bonchev–Trinajstić information content (AvgIpc) is 1.49. The molecule has 1 aromatic rings. The third kappa shape index (κ3) is 26.4. The van der Waals surface area contributed by atoms with Crippen LogP contribution in [0.3, 0.4) is 0 Å². The number of likely N-dealkylation sites (tertiary alicyclic amines) is 2. The molecule has 3 fully saturated rings. The van der Waals surface area contributed by atoms with E-state index < -0.39 is 92.6 Å². The summed E-state index contributed by atoms with van der Waals surface area (Å²) in [5.74, 6) is -7.71. The molecule has 3 aliphatic rings. The second kappa shape index (κ2) is 41.5. The summed E-state index contributed by atoms with van der Waals surface area (Å²) in [5.41, 5.74) is -1.07. The van der Waals surface area contributed by atoms with Gasteiger partial charge in [-0.2, -0.15) is 0 Å². The Hall–Kier alpha value is -5.91. The topological polar surface area (TPSA) is 377 Å². The number of hydrogen-bond acceptors (Lipinski definition) is 26. The van der Waals surface area contributed by atoms with Gasteiger partial charge in [0.1, 0.15) is 19.3 Å². The van der Waals surface area contributed by atoms with E-state index >= 15 is 0 Å². The molecule has 3 saturated heterocycles. The molecule has 500 valence electrons. The van der Waals surface area contributed by atoms with Crippen molar-refractivity contribution in [3.05, 3.63) is 29.8 Å². The maximum Gasteiger partial charge on any atom is 0.250 e. The lowest BCUT2D eigenvalue weighted by Crippen LogP contribution is -2.50. The van der Waals surface area contributed by atoms with Gasteiger partial charge in [0, 0.05) is 76.1 Å². The third-order valence-electron chi connectivity index (χ3n) is 13.7. The molecule has 29 nitrogen and oxygen atoms in total. The number of anilines is 1. The van der Waals surface area contributed by atoms with Crippen LogP contribution in [-0.4, -0.2) is 258 Å². The van der Waals surface area contributed by atoms with Gasteiger partial charge in [0.05, 0.1) is 111 Å². The normalized spacial score (nSPS) is 15.4. The Bertz CT molecular complexity index is 2610. The van der Waals surface area contributed by atoms with E-state index in [-0.39, 0.29) is 160 Å². The van der Waals surface area contributed by atoms with E-state index in [0.717, 1.165) is 43.0 Å². The van der Waals surface area contributed by atoms with E-state index in [1.54, 1.807) is 24.3 Å². The number of aryl methyl sites for hydroxylation is 1. The molecule has 3 aliphatic heterocycles. The molecular formula is C58H82N6O23S3. The van der Waals surface area contributed by atoms with E-state index in [1.807, 2.05) is 0 Å². The zero-order valence-corrected chi connectivity index (χ0v) is 53.6.